The summed E-state index contributed by atoms with van der Waals surface area (Å²) in [6, 6.07) is 0.197. The lowest BCUT2D eigenvalue weighted by Crippen LogP contribution is -2.40. The molecule has 0 aromatic rings. The van der Waals surface area contributed by atoms with Gasteiger partial charge >= 0.3 is 5.97 Å². The number of hydrogen-bond donors (Lipinski definition) is 2. The predicted molar refractivity (Wildman–Crippen MR) is 69.7 cm³/mol. The van der Waals surface area contributed by atoms with E-state index in [2.05, 4.69) is 5.32 Å². The number of nitrogens with one attached hydrogen (secondary N) is 1. The molecule has 0 spiro atoms. The maximum absolute atomic E-state index is 12.2. The van der Waals surface area contributed by atoms with Crippen molar-refractivity contribution in [3.8, 4) is 0 Å². The van der Waals surface area contributed by atoms with Crippen molar-refractivity contribution in [2.24, 2.45) is 11.8 Å². The highest BCUT2D eigenvalue weighted by atomic mass is 16.5. The number of carbonyl (C=O) groups is 2. The molecule has 0 aromatic heterocycles. The lowest BCUT2D eigenvalue weighted by molar-refractivity contribution is -0.144. The molecule has 0 heterocycles. The number of carboxylic acids is 1. The molecule has 2 rings (SSSR count). The van der Waals surface area contributed by atoms with Gasteiger partial charge in [-0.05, 0) is 38.5 Å². The zero-order valence-electron chi connectivity index (χ0n) is 11.4. The van der Waals surface area contributed by atoms with E-state index in [0.717, 1.165) is 32.1 Å². The Hall–Kier alpha value is -1.10. The van der Waals surface area contributed by atoms with Crippen molar-refractivity contribution in [2.45, 2.75) is 57.1 Å². The smallest absolute Gasteiger partial charge is 0.306 e. The van der Waals surface area contributed by atoms with Crippen molar-refractivity contribution in [1.29, 1.82) is 0 Å². The first-order valence-electron chi connectivity index (χ1n) is 7.16. The molecular weight excluding hydrogens is 246 g/mol. The van der Waals surface area contributed by atoms with Crippen LogP contribution in [0.5, 0.6) is 0 Å². The Bertz CT molecular complexity index is 344. The van der Waals surface area contributed by atoms with Crippen LogP contribution in [-0.2, 0) is 14.3 Å². The summed E-state index contributed by atoms with van der Waals surface area (Å²) in [5, 5.41) is 12.1. The average Bonchev–Trinajstić information content (AvgIpc) is 2.86. The third kappa shape index (κ3) is 3.69. The molecule has 4 atom stereocenters. The van der Waals surface area contributed by atoms with Crippen LogP contribution >= 0.6 is 0 Å². The van der Waals surface area contributed by atoms with Gasteiger partial charge in [0.1, 0.15) is 0 Å². The van der Waals surface area contributed by atoms with Crippen molar-refractivity contribution >= 4 is 11.9 Å². The highest BCUT2D eigenvalue weighted by Gasteiger charge is 2.33. The maximum Gasteiger partial charge on any atom is 0.306 e. The molecule has 1 amide bonds. The van der Waals surface area contributed by atoms with Crippen molar-refractivity contribution in [3.05, 3.63) is 0 Å². The highest BCUT2D eigenvalue weighted by molar-refractivity contribution is 5.80. The fourth-order valence-electron chi connectivity index (χ4n) is 3.26. The van der Waals surface area contributed by atoms with Crippen LogP contribution in [-0.4, -0.2) is 36.2 Å². The molecule has 5 heteroatoms. The Morgan fingerprint density at radius 1 is 1.11 bits per heavy atom. The number of carbonyl (C=O) groups excluding carboxylic acids is 1. The molecule has 0 radical (unpaired) electrons. The van der Waals surface area contributed by atoms with E-state index >= 15 is 0 Å². The Labute approximate surface area is 113 Å². The third-order valence-corrected chi connectivity index (χ3v) is 4.46. The molecule has 2 aliphatic carbocycles. The number of carboxylic acid groups (broad SMARTS) is 1. The Morgan fingerprint density at radius 3 is 2.47 bits per heavy atom. The lowest BCUT2D eigenvalue weighted by atomic mass is 9.81. The first-order valence-corrected chi connectivity index (χ1v) is 7.16. The number of ether oxygens (including phenoxy) is 1. The Morgan fingerprint density at radius 2 is 1.84 bits per heavy atom. The van der Waals surface area contributed by atoms with Gasteiger partial charge in [0.05, 0.1) is 12.0 Å². The minimum atomic E-state index is -0.766. The number of methoxy groups -OCH3 is 1. The van der Waals surface area contributed by atoms with Crippen LogP contribution < -0.4 is 5.32 Å². The summed E-state index contributed by atoms with van der Waals surface area (Å²) in [5.74, 6) is -1.21. The molecule has 2 N–H and O–H groups in total. The molecule has 0 aromatic carbocycles. The van der Waals surface area contributed by atoms with Crippen molar-refractivity contribution in [1.82, 2.24) is 5.32 Å². The predicted octanol–water partition coefficient (Wildman–Crippen LogP) is 1.56. The highest BCUT2D eigenvalue weighted by Crippen LogP contribution is 2.30. The van der Waals surface area contributed by atoms with Crippen molar-refractivity contribution in [2.75, 3.05) is 7.11 Å². The number of amides is 1. The summed E-state index contributed by atoms with van der Waals surface area (Å²) in [6.07, 6.45) is 5.91. The van der Waals surface area contributed by atoms with Gasteiger partial charge in [-0.3, -0.25) is 9.59 Å². The van der Waals surface area contributed by atoms with Crippen LogP contribution in [0.1, 0.15) is 44.9 Å². The van der Waals surface area contributed by atoms with E-state index in [9.17, 15) is 9.59 Å². The zero-order chi connectivity index (χ0) is 13.8. The molecule has 2 aliphatic rings. The second-order valence-corrected chi connectivity index (χ2v) is 5.77. The summed E-state index contributed by atoms with van der Waals surface area (Å²) < 4.78 is 5.29. The topological polar surface area (TPSA) is 75.6 Å². The number of hydrogen-bond acceptors (Lipinski definition) is 3. The Balaban J connectivity index is 1.81. The SMILES string of the molecule is COC1CCC(NC(=O)C2CCCC(C(=O)O)C2)C1. The van der Waals surface area contributed by atoms with Crippen molar-refractivity contribution < 1.29 is 19.4 Å². The molecular formula is C14H23NO4. The minimum Gasteiger partial charge on any atom is -0.481 e. The van der Waals surface area contributed by atoms with Gasteiger partial charge < -0.3 is 15.2 Å². The van der Waals surface area contributed by atoms with E-state index in [1.165, 1.54) is 0 Å². The molecule has 0 aliphatic heterocycles. The van der Waals surface area contributed by atoms with E-state index in [1.807, 2.05) is 0 Å². The van der Waals surface area contributed by atoms with Gasteiger partial charge in [-0.25, -0.2) is 0 Å². The second kappa shape index (κ2) is 6.37. The molecule has 108 valence electrons. The normalized spacial score (nSPS) is 35.0. The summed E-state index contributed by atoms with van der Waals surface area (Å²) >= 11 is 0. The first-order chi connectivity index (χ1) is 9.10. The van der Waals surface area contributed by atoms with E-state index in [1.54, 1.807) is 7.11 Å². The fraction of sp³-hybridized carbons (Fsp3) is 0.857. The average molecular weight is 269 g/mol. The summed E-state index contributed by atoms with van der Waals surface area (Å²) in [4.78, 5) is 23.2. The van der Waals surface area contributed by atoms with Gasteiger partial charge in [-0.1, -0.05) is 6.42 Å². The van der Waals surface area contributed by atoms with Gasteiger partial charge in [0.25, 0.3) is 0 Å². The Kier molecular flexibility index (Phi) is 4.80. The van der Waals surface area contributed by atoms with Crippen LogP contribution in [0.15, 0.2) is 0 Å². The van der Waals surface area contributed by atoms with Crippen LogP contribution in [0.4, 0.5) is 0 Å². The zero-order valence-corrected chi connectivity index (χ0v) is 11.4. The third-order valence-electron chi connectivity index (χ3n) is 4.46. The van der Waals surface area contributed by atoms with E-state index in [0.29, 0.717) is 12.8 Å². The van der Waals surface area contributed by atoms with E-state index in [4.69, 9.17) is 9.84 Å². The molecule has 2 fully saturated rings. The van der Waals surface area contributed by atoms with Gasteiger partial charge in [0.2, 0.25) is 5.91 Å². The standard InChI is InChI=1S/C14H23NO4/c1-19-12-6-5-11(8-12)15-13(16)9-3-2-4-10(7-9)14(17)18/h9-12H,2-8H2,1H3,(H,15,16)(H,17,18). The second-order valence-electron chi connectivity index (χ2n) is 5.77. The van der Waals surface area contributed by atoms with Crippen LogP contribution in [0.2, 0.25) is 0 Å². The van der Waals surface area contributed by atoms with Gasteiger partial charge in [-0.15, -0.1) is 0 Å². The minimum absolute atomic E-state index is 0.0349. The van der Waals surface area contributed by atoms with E-state index < -0.39 is 5.97 Å². The summed E-state index contributed by atoms with van der Waals surface area (Å²) in [7, 11) is 1.70. The molecule has 2 saturated carbocycles. The quantitative estimate of drug-likeness (QED) is 0.812. The number of aliphatic carboxylic acids is 1. The van der Waals surface area contributed by atoms with Crippen molar-refractivity contribution in [3.63, 3.8) is 0 Å². The molecule has 5 nitrogen and oxygen atoms in total. The molecule has 0 bridgehead atoms. The van der Waals surface area contributed by atoms with E-state index in [-0.39, 0.29) is 29.9 Å². The maximum atomic E-state index is 12.2. The van der Waals surface area contributed by atoms with Crippen LogP contribution in [0, 0.1) is 11.8 Å². The summed E-state index contributed by atoms with van der Waals surface area (Å²) in [6.45, 7) is 0. The van der Waals surface area contributed by atoms with Gasteiger partial charge in [-0.2, -0.15) is 0 Å². The molecule has 0 saturated heterocycles. The van der Waals surface area contributed by atoms with Gasteiger partial charge in [0.15, 0.2) is 0 Å². The monoisotopic (exact) mass is 269 g/mol. The van der Waals surface area contributed by atoms with Crippen LogP contribution in [0.3, 0.4) is 0 Å². The fourth-order valence-corrected chi connectivity index (χ4v) is 3.26. The van der Waals surface area contributed by atoms with Gasteiger partial charge in [0, 0.05) is 19.1 Å². The molecule has 19 heavy (non-hydrogen) atoms. The first kappa shape index (κ1) is 14.3. The summed E-state index contributed by atoms with van der Waals surface area (Å²) in [5.41, 5.74) is 0. The molecule has 4 unspecified atom stereocenters. The number of rotatable bonds is 4. The largest absolute Gasteiger partial charge is 0.481 e. The lowest BCUT2D eigenvalue weighted by Gasteiger charge is -2.27. The van der Waals surface area contributed by atoms with Crippen LogP contribution in [0.25, 0.3) is 0 Å².